The Labute approximate surface area is 113 Å². The molecule has 106 valence electrons. The fourth-order valence-electron chi connectivity index (χ4n) is 2.30. The summed E-state index contributed by atoms with van der Waals surface area (Å²) in [6, 6.07) is 4.29. The number of ether oxygens (including phenoxy) is 1. The lowest BCUT2D eigenvalue weighted by molar-refractivity contribution is 0.102. The van der Waals surface area contributed by atoms with Crippen LogP contribution in [-0.2, 0) is 0 Å². The predicted molar refractivity (Wildman–Crippen MR) is 71.8 cm³/mol. The Balaban J connectivity index is 2.07. The van der Waals surface area contributed by atoms with E-state index in [2.05, 4.69) is 10.2 Å². The molecule has 2 rings (SSSR count). The van der Waals surface area contributed by atoms with Gasteiger partial charge < -0.3 is 15.2 Å². The summed E-state index contributed by atoms with van der Waals surface area (Å²) in [7, 11) is 0. The van der Waals surface area contributed by atoms with E-state index in [-0.39, 0.29) is 5.82 Å². The predicted octanol–water partition coefficient (Wildman–Crippen LogP) is 1.16. The Morgan fingerprint density at radius 2 is 2.16 bits per heavy atom. The maximum absolute atomic E-state index is 13.3. The molecule has 1 aromatic carbocycles. The summed E-state index contributed by atoms with van der Waals surface area (Å²) in [5, 5.41) is 13.6. The van der Waals surface area contributed by atoms with Crippen LogP contribution in [0.1, 0.15) is 18.6 Å². The molecule has 0 saturated carbocycles. The van der Waals surface area contributed by atoms with Gasteiger partial charge in [0, 0.05) is 38.3 Å². The molecule has 1 aliphatic heterocycles. The quantitative estimate of drug-likeness (QED) is 0.841. The highest BCUT2D eigenvalue weighted by Crippen LogP contribution is 2.27. The minimum Gasteiger partial charge on any atom is -0.493 e. The number of aliphatic hydroxyl groups is 1. The van der Waals surface area contributed by atoms with Crippen LogP contribution >= 0.6 is 0 Å². The maximum atomic E-state index is 13.3. The van der Waals surface area contributed by atoms with Crippen LogP contribution in [0.4, 0.5) is 4.39 Å². The van der Waals surface area contributed by atoms with Crippen LogP contribution < -0.4 is 10.1 Å². The molecule has 0 amide bonds. The molecule has 1 aromatic rings. The van der Waals surface area contributed by atoms with Crippen molar-refractivity contribution in [2.45, 2.75) is 13.0 Å². The van der Waals surface area contributed by atoms with E-state index in [4.69, 9.17) is 4.74 Å². The average Bonchev–Trinajstić information content (AvgIpc) is 2.42. The van der Waals surface area contributed by atoms with Gasteiger partial charge in [-0.05, 0) is 25.1 Å². The van der Waals surface area contributed by atoms with Gasteiger partial charge in [-0.2, -0.15) is 0 Å². The normalized spacial score (nSPS) is 18.3. The molecule has 1 unspecified atom stereocenters. The Morgan fingerprint density at radius 3 is 2.84 bits per heavy atom. The Kier molecular flexibility index (Phi) is 5.13. The summed E-state index contributed by atoms with van der Waals surface area (Å²) >= 11 is 0. The molecule has 0 radical (unpaired) electrons. The summed E-state index contributed by atoms with van der Waals surface area (Å²) < 4.78 is 18.8. The zero-order chi connectivity index (χ0) is 13.7. The van der Waals surface area contributed by atoms with Crippen molar-refractivity contribution in [3.05, 3.63) is 29.6 Å². The van der Waals surface area contributed by atoms with Crippen molar-refractivity contribution in [2.75, 3.05) is 39.3 Å². The maximum Gasteiger partial charge on any atom is 0.125 e. The van der Waals surface area contributed by atoms with Gasteiger partial charge in [-0.25, -0.2) is 4.39 Å². The van der Waals surface area contributed by atoms with Crippen molar-refractivity contribution in [2.24, 2.45) is 0 Å². The van der Waals surface area contributed by atoms with Gasteiger partial charge in [0.15, 0.2) is 0 Å². The minimum absolute atomic E-state index is 0.349. The smallest absolute Gasteiger partial charge is 0.125 e. The molecule has 1 heterocycles. The third kappa shape index (κ3) is 3.89. The second-order valence-corrected chi connectivity index (χ2v) is 4.68. The summed E-state index contributed by atoms with van der Waals surface area (Å²) in [5.41, 5.74) is 0.528. The Hall–Kier alpha value is -1.17. The van der Waals surface area contributed by atoms with Gasteiger partial charge in [0.2, 0.25) is 0 Å². The van der Waals surface area contributed by atoms with Crippen LogP contribution in [-0.4, -0.2) is 49.3 Å². The zero-order valence-electron chi connectivity index (χ0n) is 11.2. The zero-order valence-corrected chi connectivity index (χ0v) is 11.2. The number of β-amino-alcohol motifs (C(OH)–C–C–N with tert-alkyl or cyclic N) is 1. The first kappa shape index (κ1) is 14.2. The Morgan fingerprint density at radius 1 is 1.42 bits per heavy atom. The van der Waals surface area contributed by atoms with Gasteiger partial charge in [0.1, 0.15) is 11.6 Å². The second-order valence-electron chi connectivity index (χ2n) is 4.68. The number of aliphatic hydroxyl groups excluding tert-OH is 1. The molecule has 1 atom stereocenters. The van der Waals surface area contributed by atoms with E-state index >= 15 is 0 Å². The van der Waals surface area contributed by atoms with Crippen LogP contribution in [0.25, 0.3) is 0 Å². The third-order valence-corrected chi connectivity index (χ3v) is 3.27. The molecule has 4 nitrogen and oxygen atoms in total. The van der Waals surface area contributed by atoms with Gasteiger partial charge in [0.25, 0.3) is 0 Å². The van der Waals surface area contributed by atoms with Crippen molar-refractivity contribution in [3.8, 4) is 5.75 Å². The van der Waals surface area contributed by atoms with Crippen molar-refractivity contribution in [1.29, 1.82) is 0 Å². The third-order valence-electron chi connectivity index (χ3n) is 3.27. The number of nitrogens with zero attached hydrogens (tertiary/aromatic N) is 1. The number of halogens is 1. The fourth-order valence-corrected chi connectivity index (χ4v) is 2.30. The summed E-state index contributed by atoms with van der Waals surface area (Å²) in [6.45, 7) is 6.52. The molecule has 0 bridgehead atoms. The van der Waals surface area contributed by atoms with Gasteiger partial charge in [-0.1, -0.05) is 0 Å². The molecular formula is C14H21FN2O2. The van der Waals surface area contributed by atoms with Crippen molar-refractivity contribution in [1.82, 2.24) is 10.2 Å². The van der Waals surface area contributed by atoms with Crippen molar-refractivity contribution in [3.63, 3.8) is 0 Å². The monoisotopic (exact) mass is 268 g/mol. The molecule has 1 saturated heterocycles. The first-order valence-corrected chi connectivity index (χ1v) is 6.74. The highest BCUT2D eigenvalue weighted by molar-refractivity contribution is 5.36. The first-order chi connectivity index (χ1) is 9.20. The van der Waals surface area contributed by atoms with Gasteiger partial charge in [-0.15, -0.1) is 0 Å². The lowest BCUT2D eigenvalue weighted by Crippen LogP contribution is -2.45. The van der Waals surface area contributed by atoms with E-state index in [0.29, 0.717) is 24.5 Å². The molecular weight excluding hydrogens is 247 g/mol. The number of rotatable bonds is 5. The summed E-state index contributed by atoms with van der Waals surface area (Å²) in [4.78, 5) is 2.17. The molecule has 5 heteroatoms. The molecule has 19 heavy (non-hydrogen) atoms. The summed E-state index contributed by atoms with van der Waals surface area (Å²) in [5.74, 6) is 0.212. The van der Waals surface area contributed by atoms with Crippen LogP contribution in [0, 0.1) is 5.82 Å². The van der Waals surface area contributed by atoms with Crippen LogP contribution in [0.5, 0.6) is 5.75 Å². The fraction of sp³-hybridized carbons (Fsp3) is 0.571. The minimum atomic E-state index is -0.727. The van der Waals surface area contributed by atoms with Gasteiger partial charge in [0.05, 0.1) is 12.7 Å². The standard InChI is InChI=1S/C14H21FN2O2/c1-2-19-14-4-3-11(15)9-12(14)13(18)10-17-7-5-16-6-8-17/h3-4,9,13,16,18H,2,5-8,10H2,1H3. The largest absolute Gasteiger partial charge is 0.493 e. The average molecular weight is 268 g/mol. The SMILES string of the molecule is CCOc1ccc(F)cc1C(O)CN1CCNCC1. The highest BCUT2D eigenvalue weighted by atomic mass is 19.1. The number of hydrogen-bond acceptors (Lipinski definition) is 4. The number of benzene rings is 1. The van der Waals surface area contributed by atoms with Gasteiger partial charge >= 0.3 is 0 Å². The first-order valence-electron chi connectivity index (χ1n) is 6.74. The van der Waals surface area contributed by atoms with Gasteiger partial charge in [-0.3, -0.25) is 4.90 Å². The van der Waals surface area contributed by atoms with E-state index in [9.17, 15) is 9.50 Å². The Bertz CT molecular complexity index is 408. The number of piperazine rings is 1. The number of nitrogens with one attached hydrogen (secondary N) is 1. The van der Waals surface area contributed by atoms with Crippen LogP contribution in [0.15, 0.2) is 18.2 Å². The molecule has 0 spiro atoms. The lowest BCUT2D eigenvalue weighted by atomic mass is 10.1. The lowest BCUT2D eigenvalue weighted by Gasteiger charge is -2.29. The molecule has 1 aliphatic rings. The molecule has 0 aromatic heterocycles. The molecule has 1 fully saturated rings. The molecule has 0 aliphatic carbocycles. The topological polar surface area (TPSA) is 44.7 Å². The van der Waals surface area contributed by atoms with Crippen molar-refractivity contribution < 1.29 is 14.2 Å². The van der Waals surface area contributed by atoms with E-state index in [0.717, 1.165) is 26.2 Å². The van der Waals surface area contributed by atoms with E-state index < -0.39 is 6.10 Å². The van der Waals surface area contributed by atoms with E-state index in [1.54, 1.807) is 6.07 Å². The summed E-state index contributed by atoms with van der Waals surface area (Å²) in [6.07, 6.45) is -0.727. The number of hydrogen-bond donors (Lipinski definition) is 2. The van der Waals surface area contributed by atoms with Crippen LogP contribution in [0.3, 0.4) is 0 Å². The van der Waals surface area contributed by atoms with Crippen LogP contribution in [0.2, 0.25) is 0 Å². The van der Waals surface area contributed by atoms with E-state index in [1.807, 2.05) is 6.92 Å². The highest BCUT2D eigenvalue weighted by Gasteiger charge is 2.19. The second kappa shape index (κ2) is 6.84. The van der Waals surface area contributed by atoms with E-state index in [1.165, 1.54) is 12.1 Å². The molecule has 2 N–H and O–H groups in total. The van der Waals surface area contributed by atoms with Crippen molar-refractivity contribution >= 4 is 0 Å².